The van der Waals surface area contributed by atoms with Crippen molar-refractivity contribution in [2.75, 3.05) is 16.2 Å². The molecule has 1 aromatic heterocycles. The number of carbonyl (C=O) groups is 1. The Hall–Kier alpha value is -4.25. The van der Waals surface area contributed by atoms with Crippen LogP contribution in [-0.2, 0) is 33.5 Å². The first-order valence-electron chi connectivity index (χ1n) is 12.0. The largest absolute Gasteiger partial charge is 0.328 e. The Bertz CT molecular complexity index is 1800. The third kappa shape index (κ3) is 5.10. The minimum Gasteiger partial charge on any atom is -0.312 e. The number of benzene rings is 3. The standard InChI is InChI=1S/C27H25FN4O5S/c1-17-6-7-19(22(28)14-17)16-38(36,37)30-20-8-9-23-18(15-20)10-12-31(23)25(33)11-13-32-24-5-3-2-4-21(24)26(34)29-27(32)35/h2-9,14-15,30H,10-13,16H2,1H3,(H,29,34,35). The van der Waals surface area contributed by atoms with E-state index in [1.54, 1.807) is 60.4 Å². The van der Waals surface area contributed by atoms with E-state index < -0.39 is 32.8 Å². The van der Waals surface area contributed by atoms with Crippen molar-refractivity contribution in [3.63, 3.8) is 0 Å². The van der Waals surface area contributed by atoms with Gasteiger partial charge in [-0.2, -0.15) is 0 Å². The van der Waals surface area contributed by atoms with Crippen molar-refractivity contribution in [2.24, 2.45) is 0 Å². The second-order valence-corrected chi connectivity index (χ2v) is 11.0. The second-order valence-electron chi connectivity index (χ2n) is 9.27. The van der Waals surface area contributed by atoms with Crippen LogP contribution in [0.5, 0.6) is 0 Å². The summed E-state index contributed by atoms with van der Waals surface area (Å²) in [6.45, 7) is 2.23. The summed E-state index contributed by atoms with van der Waals surface area (Å²) in [6, 6.07) is 16.0. The Morgan fingerprint density at radius 3 is 2.66 bits per heavy atom. The lowest BCUT2D eigenvalue weighted by molar-refractivity contribution is -0.118. The van der Waals surface area contributed by atoms with Crippen molar-refractivity contribution in [3.8, 4) is 0 Å². The molecule has 4 aromatic rings. The van der Waals surface area contributed by atoms with Crippen molar-refractivity contribution in [1.29, 1.82) is 0 Å². The van der Waals surface area contributed by atoms with E-state index in [2.05, 4.69) is 9.71 Å². The first kappa shape index (κ1) is 25.4. The van der Waals surface area contributed by atoms with Gasteiger partial charge in [-0.3, -0.25) is 23.9 Å². The van der Waals surface area contributed by atoms with Crippen LogP contribution >= 0.6 is 0 Å². The Morgan fingerprint density at radius 1 is 1.08 bits per heavy atom. The van der Waals surface area contributed by atoms with Crippen molar-refractivity contribution in [1.82, 2.24) is 9.55 Å². The summed E-state index contributed by atoms with van der Waals surface area (Å²) in [6.07, 6.45) is 0.566. The van der Waals surface area contributed by atoms with Crippen LogP contribution in [0, 0.1) is 12.7 Å². The van der Waals surface area contributed by atoms with Crippen LogP contribution in [0.3, 0.4) is 0 Å². The number of carbonyl (C=O) groups excluding carboxylic acids is 1. The van der Waals surface area contributed by atoms with Crippen molar-refractivity contribution in [2.45, 2.75) is 32.1 Å². The number of amides is 1. The average Bonchev–Trinajstić information content (AvgIpc) is 3.28. The number of hydrogen-bond acceptors (Lipinski definition) is 5. The van der Waals surface area contributed by atoms with Crippen LogP contribution in [0.25, 0.3) is 10.9 Å². The van der Waals surface area contributed by atoms with Gasteiger partial charge in [0.1, 0.15) is 5.82 Å². The van der Waals surface area contributed by atoms with E-state index in [1.165, 1.54) is 16.7 Å². The molecule has 0 fully saturated rings. The number of sulfonamides is 1. The van der Waals surface area contributed by atoms with Gasteiger partial charge in [0.05, 0.1) is 16.7 Å². The molecule has 5 rings (SSSR count). The molecule has 2 heterocycles. The maximum atomic E-state index is 14.1. The zero-order valence-electron chi connectivity index (χ0n) is 20.5. The zero-order valence-corrected chi connectivity index (χ0v) is 21.3. The number of para-hydroxylation sites is 1. The van der Waals surface area contributed by atoms with E-state index in [0.717, 1.165) is 5.56 Å². The normalized spacial score (nSPS) is 13.1. The van der Waals surface area contributed by atoms with Gasteiger partial charge in [0.15, 0.2) is 0 Å². The molecule has 196 valence electrons. The maximum absolute atomic E-state index is 14.1. The fourth-order valence-electron chi connectivity index (χ4n) is 4.72. The third-order valence-corrected chi connectivity index (χ3v) is 7.80. The molecule has 0 spiro atoms. The number of nitrogens with zero attached hydrogens (tertiary/aromatic N) is 2. The van der Waals surface area contributed by atoms with E-state index in [1.807, 2.05) is 0 Å². The summed E-state index contributed by atoms with van der Waals surface area (Å²) >= 11 is 0. The number of nitrogens with one attached hydrogen (secondary N) is 2. The topological polar surface area (TPSA) is 121 Å². The highest BCUT2D eigenvalue weighted by Crippen LogP contribution is 2.31. The first-order chi connectivity index (χ1) is 18.1. The fourth-order valence-corrected chi connectivity index (χ4v) is 5.92. The van der Waals surface area contributed by atoms with E-state index in [-0.39, 0.29) is 24.4 Å². The lowest BCUT2D eigenvalue weighted by Crippen LogP contribution is -2.34. The lowest BCUT2D eigenvalue weighted by atomic mass is 10.1. The molecule has 0 bridgehead atoms. The third-order valence-electron chi connectivity index (χ3n) is 6.56. The molecule has 11 heteroatoms. The van der Waals surface area contributed by atoms with Crippen LogP contribution in [0.1, 0.15) is 23.1 Å². The second kappa shape index (κ2) is 9.90. The van der Waals surface area contributed by atoms with Crippen molar-refractivity contribution < 1.29 is 17.6 Å². The number of aromatic amines is 1. The summed E-state index contributed by atoms with van der Waals surface area (Å²) in [4.78, 5) is 41.4. The molecule has 0 atom stereocenters. The molecule has 0 saturated heterocycles. The number of aromatic nitrogens is 2. The molecule has 3 aromatic carbocycles. The Morgan fingerprint density at radius 2 is 1.87 bits per heavy atom. The molecular formula is C27H25FN4O5S. The predicted molar refractivity (Wildman–Crippen MR) is 143 cm³/mol. The smallest absolute Gasteiger partial charge is 0.312 e. The number of H-pyrrole nitrogens is 1. The van der Waals surface area contributed by atoms with Gasteiger partial charge in [0, 0.05) is 36.4 Å². The summed E-state index contributed by atoms with van der Waals surface area (Å²) in [7, 11) is -3.86. The SMILES string of the molecule is Cc1ccc(CS(=O)(=O)Nc2ccc3c(c2)CCN3C(=O)CCn2c(=O)[nH]c(=O)c3ccccc32)c(F)c1. The van der Waals surface area contributed by atoms with Gasteiger partial charge in [-0.15, -0.1) is 0 Å². The summed E-state index contributed by atoms with van der Waals surface area (Å²) in [5.41, 5.74) is 1.98. The predicted octanol–water partition coefficient (Wildman–Crippen LogP) is 3.06. The quantitative estimate of drug-likeness (QED) is 0.376. The number of rotatable bonds is 7. The molecule has 0 saturated carbocycles. The summed E-state index contributed by atoms with van der Waals surface area (Å²) in [5, 5.41) is 0.367. The molecule has 1 amide bonds. The van der Waals surface area contributed by atoms with Crippen LogP contribution in [0.15, 0.2) is 70.3 Å². The number of halogens is 1. The molecule has 38 heavy (non-hydrogen) atoms. The van der Waals surface area contributed by atoms with E-state index in [9.17, 15) is 27.2 Å². The molecule has 0 aliphatic carbocycles. The van der Waals surface area contributed by atoms with Crippen molar-refractivity contribution >= 4 is 38.2 Å². The summed E-state index contributed by atoms with van der Waals surface area (Å²) < 4.78 is 43.3. The Balaban J connectivity index is 1.29. The zero-order chi connectivity index (χ0) is 27.0. The monoisotopic (exact) mass is 536 g/mol. The van der Waals surface area contributed by atoms with Crippen LogP contribution in [0.2, 0.25) is 0 Å². The van der Waals surface area contributed by atoms with Gasteiger partial charge >= 0.3 is 5.69 Å². The molecule has 9 nitrogen and oxygen atoms in total. The molecular weight excluding hydrogens is 511 g/mol. The van der Waals surface area contributed by atoms with Crippen molar-refractivity contribution in [3.05, 3.63) is 104 Å². The number of aryl methyl sites for hydroxylation is 2. The van der Waals surface area contributed by atoms with Gasteiger partial charge in [-0.1, -0.05) is 24.3 Å². The van der Waals surface area contributed by atoms with Gasteiger partial charge in [-0.25, -0.2) is 17.6 Å². The van der Waals surface area contributed by atoms with Gasteiger partial charge in [0.2, 0.25) is 15.9 Å². The highest BCUT2D eigenvalue weighted by atomic mass is 32.2. The molecule has 2 N–H and O–H groups in total. The highest BCUT2D eigenvalue weighted by Gasteiger charge is 2.25. The van der Waals surface area contributed by atoms with E-state index in [4.69, 9.17) is 0 Å². The Kier molecular flexibility index (Phi) is 6.62. The number of anilines is 2. The molecule has 0 radical (unpaired) electrons. The highest BCUT2D eigenvalue weighted by molar-refractivity contribution is 7.91. The molecule has 0 unspecified atom stereocenters. The Labute approximate surface area is 217 Å². The van der Waals surface area contributed by atoms with Crippen LogP contribution in [-0.4, -0.2) is 30.4 Å². The lowest BCUT2D eigenvalue weighted by Gasteiger charge is -2.18. The van der Waals surface area contributed by atoms with Gasteiger partial charge in [0.25, 0.3) is 5.56 Å². The molecule has 1 aliphatic rings. The van der Waals surface area contributed by atoms with Crippen LogP contribution in [0.4, 0.5) is 15.8 Å². The maximum Gasteiger partial charge on any atom is 0.328 e. The number of hydrogen-bond donors (Lipinski definition) is 2. The fraction of sp³-hybridized carbons (Fsp3) is 0.222. The van der Waals surface area contributed by atoms with E-state index >= 15 is 0 Å². The van der Waals surface area contributed by atoms with Gasteiger partial charge < -0.3 is 4.90 Å². The average molecular weight is 537 g/mol. The van der Waals surface area contributed by atoms with Gasteiger partial charge in [-0.05, 0) is 60.9 Å². The van der Waals surface area contributed by atoms with E-state index in [0.29, 0.717) is 40.8 Å². The molecule has 1 aliphatic heterocycles. The minimum absolute atomic E-state index is 0.0336. The minimum atomic E-state index is -3.86. The first-order valence-corrected chi connectivity index (χ1v) is 13.7. The van der Waals surface area contributed by atoms with Crippen LogP contribution < -0.4 is 20.9 Å². The number of fused-ring (bicyclic) bond motifs is 2. The summed E-state index contributed by atoms with van der Waals surface area (Å²) in [5.74, 6) is -1.27.